The SMILES string of the molecule is C=CC(N)CC1CCS(=O)(=O)C1. The highest BCUT2D eigenvalue weighted by atomic mass is 32.2. The van der Waals surface area contributed by atoms with Crippen molar-refractivity contribution in [2.75, 3.05) is 11.5 Å². The van der Waals surface area contributed by atoms with Crippen molar-refractivity contribution in [3.63, 3.8) is 0 Å². The molecule has 0 amide bonds. The van der Waals surface area contributed by atoms with Gasteiger partial charge in [-0.05, 0) is 18.8 Å². The number of nitrogens with two attached hydrogens (primary N) is 1. The van der Waals surface area contributed by atoms with E-state index in [1.807, 2.05) is 0 Å². The zero-order valence-electron chi connectivity index (χ0n) is 7.07. The summed E-state index contributed by atoms with van der Waals surface area (Å²) in [6.45, 7) is 3.56. The molecule has 70 valence electrons. The predicted molar refractivity (Wildman–Crippen MR) is 49.6 cm³/mol. The Kier molecular flexibility index (Phi) is 2.90. The first kappa shape index (κ1) is 9.74. The van der Waals surface area contributed by atoms with Crippen LogP contribution in [-0.4, -0.2) is 26.0 Å². The highest BCUT2D eigenvalue weighted by Crippen LogP contribution is 2.22. The van der Waals surface area contributed by atoms with Crippen molar-refractivity contribution in [2.24, 2.45) is 11.7 Å². The maximum atomic E-state index is 11.0. The maximum Gasteiger partial charge on any atom is 0.150 e. The van der Waals surface area contributed by atoms with Gasteiger partial charge in [0.1, 0.15) is 0 Å². The van der Waals surface area contributed by atoms with E-state index in [2.05, 4.69) is 6.58 Å². The van der Waals surface area contributed by atoms with E-state index in [1.54, 1.807) is 6.08 Å². The molecule has 2 N–H and O–H groups in total. The van der Waals surface area contributed by atoms with E-state index in [0.717, 1.165) is 12.8 Å². The first-order valence-electron chi connectivity index (χ1n) is 4.12. The Morgan fingerprint density at radius 2 is 2.33 bits per heavy atom. The second-order valence-corrected chi connectivity index (χ2v) is 5.63. The largest absolute Gasteiger partial charge is 0.324 e. The topological polar surface area (TPSA) is 60.2 Å². The van der Waals surface area contributed by atoms with Crippen LogP contribution >= 0.6 is 0 Å². The van der Waals surface area contributed by atoms with Crippen molar-refractivity contribution >= 4 is 9.84 Å². The first-order valence-corrected chi connectivity index (χ1v) is 5.94. The summed E-state index contributed by atoms with van der Waals surface area (Å²) in [6, 6.07) is -0.0525. The second-order valence-electron chi connectivity index (χ2n) is 3.40. The van der Waals surface area contributed by atoms with Crippen molar-refractivity contribution in [1.29, 1.82) is 0 Å². The van der Waals surface area contributed by atoms with Gasteiger partial charge in [0.2, 0.25) is 0 Å². The summed E-state index contributed by atoms with van der Waals surface area (Å²) in [6.07, 6.45) is 3.19. The van der Waals surface area contributed by atoms with E-state index in [0.29, 0.717) is 11.5 Å². The lowest BCUT2D eigenvalue weighted by Gasteiger charge is -2.10. The molecule has 0 radical (unpaired) electrons. The van der Waals surface area contributed by atoms with Crippen LogP contribution in [0.15, 0.2) is 12.7 Å². The lowest BCUT2D eigenvalue weighted by molar-refractivity contribution is 0.512. The molecule has 0 aromatic rings. The summed E-state index contributed by atoms with van der Waals surface area (Å²) in [7, 11) is -2.74. The number of sulfone groups is 1. The molecule has 0 saturated carbocycles. The second kappa shape index (κ2) is 3.58. The van der Waals surface area contributed by atoms with Crippen molar-refractivity contribution < 1.29 is 8.42 Å². The van der Waals surface area contributed by atoms with Gasteiger partial charge in [0.15, 0.2) is 9.84 Å². The monoisotopic (exact) mass is 189 g/mol. The fraction of sp³-hybridized carbons (Fsp3) is 0.750. The van der Waals surface area contributed by atoms with Crippen molar-refractivity contribution in [1.82, 2.24) is 0 Å². The van der Waals surface area contributed by atoms with E-state index < -0.39 is 9.84 Å². The fourth-order valence-electron chi connectivity index (χ4n) is 1.54. The Labute approximate surface area is 73.6 Å². The Balaban J connectivity index is 2.43. The maximum absolute atomic E-state index is 11.0. The minimum Gasteiger partial charge on any atom is -0.324 e. The number of rotatable bonds is 3. The minimum atomic E-state index is -2.74. The van der Waals surface area contributed by atoms with E-state index in [1.165, 1.54) is 0 Å². The molecule has 1 fully saturated rings. The molecule has 4 heteroatoms. The molecule has 3 nitrogen and oxygen atoms in total. The molecule has 1 rings (SSSR count). The highest BCUT2D eigenvalue weighted by molar-refractivity contribution is 7.91. The summed E-state index contributed by atoms with van der Waals surface area (Å²) >= 11 is 0. The molecule has 12 heavy (non-hydrogen) atoms. The molecule has 2 unspecified atom stereocenters. The fourth-order valence-corrected chi connectivity index (χ4v) is 3.42. The molecule has 0 aromatic carbocycles. The highest BCUT2D eigenvalue weighted by Gasteiger charge is 2.28. The Morgan fingerprint density at radius 1 is 1.67 bits per heavy atom. The van der Waals surface area contributed by atoms with Gasteiger partial charge in [0.25, 0.3) is 0 Å². The van der Waals surface area contributed by atoms with E-state index in [4.69, 9.17) is 5.73 Å². The zero-order chi connectivity index (χ0) is 9.19. The molecule has 0 spiro atoms. The molecular weight excluding hydrogens is 174 g/mol. The average Bonchev–Trinajstić information content (AvgIpc) is 2.30. The van der Waals surface area contributed by atoms with Gasteiger partial charge in [-0.3, -0.25) is 0 Å². The third-order valence-electron chi connectivity index (χ3n) is 2.23. The Hall–Kier alpha value is -0.350. The molecule has 0 aliphatic carbocycles. The zero-order valence-corrected chi connectivity index (χ0v) is 7.89. The normalized spacial score (nSPS) is 29.9. The molecule has 2 atom stereocenters. The number of hydrogen-bond acceptors (Lipinski definition) is 3. The van der Waals surface area contributed by atoms with Crippen molar-refractivity contribution in [3.8, 4) is 0 Å². The Morgan fingerprint density at radius 3 is 2.75 bits per heavy atom. The summed E-state index contributed by atoms with van der Waals surface area (Å²) in [5.41, 5.74) is 5.63. The smallest absolute Gasteiger partial charge is 0.150 e. The standard InChI is InChI=1S/C8H15NO2S/c1-2-8(9)5-7-3-4-12(10,11)6-7/h2,7-8H,1,3-6,9H2. The van der Waals surface area contributed by atoms with Crippen LogP contribution in [0.1, 0.15) is 12.8 Å². The van der Waals surface area contributed by atoms with Crippen LogP contribution in [0.3, 0.4) is 0 Å². The van der Waals surface area contributed by atoms with Gasteiger partial charge < -0.3 is 5.73 Å². The van der Waals surface area contributed by atoms with E-state index in [-0.39, 0.29) is 12.0 Å². The minimum absolute atomic E-state index is 0.0525. The average molecular weight is 189 g/mol. The summed E-state index contributed by atoms with van der Waals surface area (Å²) in [5, 5.41) is 0. The van der Waals surface area contributed by atoms with Gasteiger partial charge in [-0.15, -0.1) is 6.58 Å². The lowest BCUT2D eigenvalue weighted by Crippen LogP contribution is -2.21. The summed E-state index contributed by atoms with van der Waals surface area (Å²) in [4.78, 5) is 0. The van der Waals surface area contributed by atoms with Gasteiger partial charge in [-0.2, -0.15) is 0 Å². The van der Waals surface area contributed by atoms with E-state index in [9.17, 15) is 8.42 Å². The van der Waals surface area contributed by atoms with Crippen LogP contribution < -0.4 is 5.73 Å². The molecule has 1 saturated heterocycles. The predicted octanol–water partition coefficient (Wildman–Crippen LogP) is 0.325. The molecule has 1 heterocycles. The lowest BCUT2D eigenvalue weighted by atomic mass is 10.0. The number of hydrogen-bond donors (Lipinski definition) is 1. The van der Waals surface area contributed by atoms with Gasteiger partial charge in [-0.1, -0.05) is 6.08 Å². The quantitative estimate of drug-likeness (QED) is 0.651. The van der Waals surface area contributed by atoms with Crippen LogP contribution in [0.25, 0.3) is 0 Å². The summed E-state index contributed by atoms with van der Waals surface area (Å²) in [5.74, 6) is 0.902. The van der Waals surface area contributed by atoms with Crippen molar-refractivity contribution in [3.05, 3.63) is 12.7 Å². The van der Waals surface area contributed by atoms with Crippen LogP contribution in [0.5, 0.6) is 0 Å². The third-order valence-corrected chi connectivity index (χ3v) is 4.07. The Bertz CT molecular complexity index is 258. The molecule has 0 aromatic heterocycles. The van der Waals surface area contributed by atoms with Gasteiger partial charge in [-0.25, -0.2) is 8.42 Å². The molecule has 1 aliphatic heterocycles. The molecule has 0 bridgehead atoms. The van der Waals surface area contributed by atoms with Gasteiger partial charge in [0.05, 0.1) is 11.5 Å². The van der Waals surface area contributed by atoms with Crippen LogP contribution in [0, 0.1) is 5.92 Å². The van der Waals surface area contributed by atoms with Crippen molar-refractivity contribution in [2.45, 2.75) is 18.9 Å². The first-order chi connectivity index (χ1) is 5.53. The summed E-state index contributed by atoms with van der Waals surface area (Å²) < 4.78 is 22.1. The van der Waals surface area contributed by atoms with Crippen LogP contribution in [0.2, 0.25) is 0 Å². The third kappa shape index (κ3) is 2.60. The van der Waals surface area contributed by atoms with Gasteiger partial charge >= 0.3 is 0 Å². The molecular formula is C8H15NO2S. The van der Waals surface area contributed by atoms with E-state index >= 15 is 0 Å². The van der Waals surface area contributed by atoms with Crippen LogP contribution in [0.4, 0.5) is 0 Å². The van der Waals surface area contributed by atoms with Crippen LogP contribution in [-0.2, 0) is 9.84 Å². The molecule has 1 aliphatic rings. The van der Waals surface area contributed by atoms with Gasteiger partial charge in [0, 0.05) is 6.04 Å².